The van der Waals surface area contributed by atoms with Crippen molar-refractivity contribution >= 4 is 16.0 Å². The van der Waals surface area contributed by atoms with Crippen molar-refractivity contribution in [3.8, 4) is 0 Å². The van der Waals surface area contributed by atoms with Crippen LogP contribution in [0.5, 0.6) is 0 Å². The van der Waals surface area contributed by atoms with Crippen LogP contribution in [0.4, 0.5) is 0 Å². The SMILES string of the molecule is C=CCC(C)NS(=O)(=O)c1ccc(CC)c(C(=O)O)c1. The Labute approximate surface area is 119 Å². The molecule has 110 valence electrons. The second kappa shape index (κ2) is 6.67. The second-order valence-corrected chi connectivity index (χ2v) is 6.24. The molecule has 0 saturated heterocycles. The van der Waals surface area contributed by atoms with Crippen LogP contribution in [0, 0.1) is 0 Å². The van der Waals surface area contributed by atoms with E-state index in [2.05, 4.69) is 11.3 Å². The lowest BCUT2D eigenvalue weighted by Gasteiger charge is -2.13. The van der Waals surface area contributed by atoms with Crippen molar-refractivity contribution in [2.24, 2.45) is 0 Å². The summed E-state index contributed by atoms with van der Waals surface area (Å²) in [6, 6.07) is 3.87. The van der Waals surface area contributed by atoms with Crippen LogP contribution in [0.15, 0.2) is 35.7 Å². The van der Waals surface area contributed by atoms with Gasteiger partial charge < -0.3 is 5.11 Å². The quantitative estimate of drug-likeness (QED) is 0.756. The first-order chi connectivity index (χ1) is 9.31. The maximum Gasteiger partial charge on any atom is 0.336 e. The summed E-state index contributed by atoms with van der Waals surface area (Å²) in [6.45, 7) is 7.09. The summed E-state index contributed by atoms with van der Waals surface area (Å²) in [5, 5.41) is 9.12. The van der Waals surface area contributed by atoms with E-state index in [1.165, 1.54) is 18.2 Å². The van der Waals surface area contributed by atoms with Crippen molar-refractivity contribution in [1.29, 1.82) is 0 Å². The van der Waals surface area contributed by atoms with E-state index in [1.807, 2.05) is 6.92 Å². The van der Waals surface area contributed by atoms with E-state index in [9.17, 15) is 13.2 Å². The highest BCUT2D eigenvalue weighted by Crippen LogP contribution is 2.17. The summed E-state index contributed by atoms with van der Waals surface area (Å²) in [7, 11) is -3.72. The fraction of sp³-hybridized carbons (Fsp3) is 0.357. The molecule has 0 radical (unpaired) electrons. The van der Waals surface area contributed by atoms with E-state index in [4.69, 9.17) is 5.11 Å². The van der Waals surface area contributed by atoms with Gasteiger partial charge in [-0.1, -0.05) is 19.1 Å². The van der Waals surface area contributed by atoms with Crippen molar-refractivity contribution in [1.82, 2.24) is 4.72 Å². The van der Waals surface area contributed by atoms with E-state index in [1.54, 1.807) is 13.0 Å². The van der Waals surface area contributed by atoms with Crippen LogP contribution < -0.4 is 4.72 Å². The van der Waals surface area contributed by atoms with E-state index in [0.717, 1.165) is 0 Å². The lowest BCUT2D eigenvalue weighted by molar-refractivity contribution is 0.0695. The number of carbonyl (C=O) groups is 1. The minimum atomic E-state index is -3.72. The number of benzene rings is 1. The number of hydrogen-bond acceptors (Lipinski definition) is 3. The molecule has 1 unspecified atom stereocenters. The summed E-state index contributed by atoms with van der Waals surface area (Å²) in [4.78, 5) is 11.1. The molecule has 0 amide bonds. The van der Waals surface area contributed by atoms with E-state index in [0.29, 0.717) is 18.4 Å². The first kappa shape index (κ1) is 16.4. The highest BCUT2D eigenvalue weighted by atomic mass is 32.2. The third-order valence-electron chi connectivity index (χ3n) is 2.88. The lowest BCUT2D eigenvalue weighted by Crippen LogP contribution is -2.32. The van der Waals surface area contributed by atoms with Gasteiger partial charge in [0.2, 0.25) is 10.0 Å². The van der Waals surface area contributed by atoms with Gasteiger partial charge >= 0.3 is 5.97 Å². The summed E-state index contributed by atoms with van der Waals surface area (Å²) in [5.41, 5.74) is 0.627. The third-order valence-corrected chi connectivity index (χ3v) is 4.47. The van der Waals surface area contributed by atoms with Crippen molar-refractivity contribution < 1.29 is 18.3 Å². The van der Waals surface area contributed by atoms with Gasteiger partial charge in [-0.3, -0.25) is 0 Å². The second-order valence-electron chi connectivity index (χ2n) is 4.52. The highest BCUT2D eigenvalue weighted by Gasteiger charge is 2.19. The van der Waals surface area contributed by atoms with Crippen LogP contribution in [-0.4, -0.2) is 25.5 Å². The molecule has 0 aliphatic carbocycles. The molecular weight excluding hydrogens is 278 g/mol. The number of aryl methyl sites for hydroxylation is 1. The van der Waals surface area contributed by atoms with E-state index in [-0.39, 0.29) is 16.5 Å². The maximum atomic E-state index is 12.2. The van der Waals surface area contributed by atoms with Crippen LogP contribution in [0.1, 0.15) is 36.2 Å². The Balaban J connectivity index is 3.16. The summed E-state index contributed by atoms with van der Waals surface area (Å²) in [6.07, 6.45) is 2.65. The minimum Gasteiger partial charge on any atom is -0.478 e. The number of sulfonamides is 1. The largest absolute Gasteiger partial charge is 0.478 e. The van der Waals surface area contributed by atoms with Gasteiger partial charge in [0.25, 0.3) is 0 Å². The average Bonchev–Trinajstić information content (AvgIpc) is 2.37. The fourth-order valence-electron chi connectivity index (χ4n) is 1.86. The molecule has 20 heavy (non-hydrogen) atoms. The Bertz CT molecular complexity index is 608. The number of rotatable bonds is 7. The van der Waals surface area contributed by atoms with E-state index >= 15 is 0 Å². The molecule has 6 heteroatoms. The summed E-state index contributed by atoms with van der Waals surface area (Å²) >= 11 is 0. The standard InChI is InChI=1S/C14H19NO4S/c1-4-6-10(3)15-20(18,19)12-8-7-11(5-2)13(9-12)14(16)17/h4,7-10,15H,1,5-6H2,2-3H3,(H,16,17). The molecule has 0 saturated carbocycles. The molecule has 1 atom stereocenters. The highest BCUT2D eigenvalue weighted by molar-refractivity contribution is 7.89. The topological polar surface area (TPSA) is 83.5 Å². The number of aromatic carboxylic acids is 1. The van der Waals surface area contributed by atoms with Crippen LogP contribution >= 0.6 is 0 Å². The molecule has 0 aliphatic rings. The third kappa shape index (κ3) is 3.91. The first-order valence-corrected chi connectivity index (χ1v) is 7.79. The Morgan fingerprint density at radius 2 is 2.15 bits per heavy atom. The van der Waals surface area contributed by atoms with Crippen LogP contribution in [0.3, 0.4) is 0 Å². The van der Waals surface area contributed by atoms with E-state index < -0.39 is 16.0 Å². The van der Waals surface area contributed by atoms with Crippen molar-refractivity contribution in [3.63, 3.8) is 0 Å². The van der Waals surface area contributed by atoms with Gasteiger partial charge in [0, 0.05) is 6.04 Å². The lowest BCUT2D eigenvalue weighted by atomic mass is 10.1. The number of nitrogens with one attached hydrogen (secondary N) is 1. The summed E-state index contributed by atoms with van der Waals surface area (Å²) < 4.78 is 26.8. The van der Waals surface area contributed by atoms with Crippen LogP contribution in [0.25, 0.3) is 0 Å². The van der Waals surface area contributed by atoms with Crippen molar-refractivity contribution in [3.05, 3.63) is 42.0 Å². The number of hydrogen-bond donors (Lipinski definition) is 2. The Morgan fingerprint density at radius 3 is 2.65 bits per heavy atom. The molecule has 1 rings (SSSR count). The monoisotopic (exact) mass is 297 g/mol. The van der Waals surface area contributed by atoms with Gasteiger partial charge in [0.1, 0.15) is 0 Å². The first-order valence-electron chi connectivity index (χ1n) is 6.31. The normalized spacial score (nSPS) is 12.9. The predicted molar refractivity (Wildman–Crippen MR) is 77.4 cm³/mol. The maximum absolute atomic E-state index is 12.2. The van der Waals surface area contributed by atoms with Crippen molar-refractivity contribution in [2.75, 3.05) is 0 Å². The zero-order valence-electron chi connectivity index (χ0n) is 11.6. The Hall–Kier alpha value is -1.66. The smallest absolute Gasteiger partial charge is 0.336 e. The zero-order chi connectivity index (χ0) is 15.3. The molecule has 1 aromatic carbocycles. The molecule has 0 bridgehead atoms. The average molecular weight is 297 g/mol. The van der Waals surface area contributed by atoms with Gasteiger partial charge in [-0.05, 0) is 37.5 Å². The molecule has 0 aliphatic heterocycles. The molecule has 1 aromatic rings. The Kier molecular flexibility index (Phi) is 5.47. The Morgan fingerprint density at radius 1 is 1.50 bits per heavy atom. The number of carboxylic acids is 1. The predicted octanol–water partition coefficient (Wildman–Crippen LogP) is 2.19. The molecule has 2 N–H and O–H groups in total. The van der Waals surface area contributed by atoms with Crippen LogP contribution in [-0.2, 0) is 16.4 Å². The fourth-order valence-corrected chi connectivity index (χ4v) is 3.14. The van der Waals surface area contributed by atoms with Crippen molar-refractivity contribution in [2.45, 2.75) is 37.6 Å². The van der Waals surface area contributed by atoms with Gasteiger partial charge in [0.05, 0.1) is 10.5 Å². The van der Waals surface area contributed by atoms with Crippen LogP contribution in [0.2, 0.25) is 0 Å². The van der Waals surface area contributed by atoms with Gasteiger partial charge in [0.15, 0.2) is 0 Å². The zero-order valence-corrected chi connectivity index (χ0v) is 12.4. The van der Waals surface area contributed by atoms with Gasteiger partial charge in [-0.25, -0.2) is 17.9 Å². The number of carboxylic acid groups (broad SMARTS) is 1. The molecule has 0 fully saturated rings. The molecule has 0 aromatic heterocycles. The summed E-state index contributed by atoms with van der Waals surface area (Å²) in [5.74, 6) is -1.13. The molecule has 0 heterocycles. The molecule has 5 nitrogen and oxygen atoms in total. The van der Waals surface area contributed by atoms with Gasteiger partial charge in [-0.15, -0.1) is 6.58 Å². The van der Waals surface area contributed by atoms with Gasteiger partial charge in [-0.2, -0.15) is 0 Å². The minimum absolute atomic E-state index is 0.0201. The molecule has 0 spiro atoms. The molecular formula is C14H19NO4S.